The Balaban J connectivity index is 2.25. The molecular weight excluding hydrogens is 236 g/mol. The predicted molar refractivity (Wildman–Crippen MR) is 66.7 cm³/mol. The number of nitriles is 1. The molecule has 0 unspecified atom stereocenters. The van der Waals surface area contributed by atoms with Crippen LogP contribution in [0.3, 0.4) is 0 Å². The van der Waals surface area contributed by atoms with Crippen LogP contribution in [0, 0.1) is 18.3 Å². The van der Waals surface area contributed by atoms with E-state index in [0.717, 1.165) is 16.4 Å². The van der Waals surface area contributed by atoms with Crippen LogP contribution in [0.4, 0.5) is 0 Å². The van der Waals surface area contributed by atoms with E-state index in [1.165, 1.54) is 0 Å². The maximum absolute atomic E-state index is 11.6. The lowest BCUT2D eigenvalue weighted by Crippen LogP contribution is -2.27. The minimum atomic E-state index is 0.0777. The summed E-state index contributed by atoms with van der Waals surface area (Å²) < 4.78 is 5.17. The van der Waals surface area contributed by atoms with Crippen molar-refractivity contribution in [2.75, 3.05) is 19.3 Å². The molecule has 0 bridgehead atoms. The molecule has 0 atom stereocenters. The number of hydrogen-bond acceptors (Lipinski definition) is 4. The molecule has 0 aromatic carbocycles. The van der Waals surface area contributed by atoms with Gasteiger partial charge in [-0.1, -0.05) is 0 Å². The van der Waals surface area contributed by atoms with Crippen LogP contribution in [0.15, 0.2) is 21.6 Å². The Morgan fingerprint density at radius 3 is 3.00 bits per heavy atom. The van der Waals surface area contributed by atoms with Gasteiger partial charge in [-0.25, -0.2) is 0 Å². The first-order valence-corrected chi connectivity index (χ1v) is 6.41. The van der Waals surface area contributed by atoms with Crippen molar-refractivity contribution in [2.45, 2.75) is 24.7 Å². The molecule has 17 heavy (non-hydrogen) atoms. The first-order valence-electron chi connectivity index (χ1n) is 5.43. The summed E-state index contributed by atoms with van der Waals surface area (Å²) in [6.45, 7) is 2.41. The Kier molecular flexibility index (Phi) is 5.64. The van der Waals surface area contributed by atoms with E-state index in [-0.39, 0.29) is 5.91 Å². The third-order valence-electron chi connectivity index (χ3n) is 2.37. The van der Waals surface area contributed by atoms with Crippen LogP contribution in [0.25, 0.3) is 0 Å². The van der Waals surface area contributed by atoms with Crippen LogP contribution in [0.1, 0.15) is 18.6 Å². The SMILES string of the molecule is Cc1occc1SCCC(=O)N(C)CCC#N. The molecule has 0 spiro atoms. The van der Waals surface area contributed by atoms with E-state index in [1.807, 2.05) is 19.1 Å². The van der Waals surface area contributed by atoms with Gasteiger partial charge >= 0.3 is 0 Å². The van der Waals surface area contributed by atoms with Crippen molar-refractivity contribution in [2.24, 2.45) is 0 Å². The summed E-state index contributed by atoms with van der Waals surface area (Å²) in [6.07, 6.45) is 2.52. The topological polar surface area (TPSA) is 57.2 Å². The maximum atomic E-state index is 11.6. The molecule has 0 fully saturated rings. The van der Waals surface area contributed by atoms with E-state index in [0.29, 0.717) is 19.4 Å². The molecule has 1 aromatic rings. The average Bonchev–Trinajstić information content (AvgIpc) is 2.72. The summed E-state index contributed by atoms with van der Waals surface area (Å²) in [5.41, 5.74) is 0. The van der Waals surface area contributed by atoms with Crippen molar-refractivity contribution in [3.05, 3.63) is 18.1 Å². The van der Waals surface area contributed by atoms with E-state index in [2.05, 4.69) is 0 Å². The molecule has 0 N–H and O–H groups in total. The monoisotopic (exact) mass is 252 g/mol. The second kappa shape index (κ2) is 7.02. The van der Waals surface area contributed by atoms with Gasteiger partial charge in [0.05, 0.1) is 18.8 Å². The molecule has 0 saturated carbocycles. The van der Waals surface area contributed by atoms with Crippen LogP contribution >= 0.6 is 11.8 Å². The number of thioether (sulfide) groups is 1. The van der Waals surface area contributed by atoms with Gasteiger partial charge in [0.25, 0.3) is 0 Å². The van der Waals surface area contributed by atoms with Crippen molar-refractivity contribution >= 4 is 17.7 Å². The Hall–Kier alpha value is -1.41. The molecule has 1 rings (SSSR count). The molecule has 0 aliphatic rings. The number of amides is 1. The maximum Gasteiger partial charge on any atom is 0.223 e. The zero-order valence-corrected chi connectivity index (χ0v) is 10.9. The summed E-state index contributed by atoms with van der Waals surface area (Å²) >= 11 is 1.62. The highest BCUT2D eigenvalue weighted by Gasteiger charge is 2.09. The third-order valence-corrected chi connectivity index (χ3v) is 3.51. The molecule has 0 aliphatic heterocycles. The van der Waals surface area contributed by atoms with Crippen molar-refractivity contribution < 1.29 is 9.21 Å². The lowest BCUT2D eigenvalue weighted by atomic mass is 10.3. The van der Waals surface area contributed by atoms with Gasteiger partial charge in [0, 0.05) is 30.7 Å². The zero-order chi connectivity index (χ0) is 12.7. The summed E-state index contributed by atoms with van der Waals surface area (Å²) in [5, 5.41) is 8.43. The molecule has 0 aliphatic carbocycles. The van der Waals surface area contributed by atoms with Gasteiger partial charge in [0.15, 0.2) is 0 Å². The molecule has 4 nitrogen and oxygen atoms in total. The standard InChI is InChI=1S/C12H16N2O2S/c1-10-11(4-8-16-10)17-9-5-12(15)14(2)7-3-6-13/h4,8H,3,5,7,9H2,1-2H3. The van der Waals surface area contributed by atoms with E-state index >= 15 is 0 Å². The highest BCUT2D eigenvalue weighted by atomic mass is 32.2. The fourth-order valence-corrected chi connectivity index (χ4v) is 2.20. The van der Waals surface area contributed by atoms with Gasteiger partial charge < -0.3 is 9.32 Å². The van der Waals surface area contributed by atoms with Crippen LogP contribution < -0.4 is 0 Å². The number of carbonyl (C=O) groups is 1. The second-order valence-electron chi connectivity index (χ2n) is 3.66. The predicted octanol–water partition coefficient (Wildman–Crippen LogP) is 2.44. The fourth-order valence-electron chi connectivity index (χ4n) is 1.30. The average molecular weight is 252 g/mol. The molecule has 1 amide bonds. The molecule has 0 saturated heterocycles. The van der Waals surface area contributed by atoms with Crippen molar-refractivity contribution in [3.63, 3.8) is 0 Å². The molecule has 5 heteroatoms. The van der Waals surface area contributed by atoms with Gasteiger partial charge in [-0.2, -0.15) is 5.26 Å². The number of nitrogens with zero attached hydrogens (tertiary/aromatic N) is 2. The molecule has 1 aromatic heterocycles. The van der Waals surface area contributed by atoms with Crippen LogP contribution in [0.5, 0.6) is 0 Å². The van der Waals surface area contributed by atoms with Crippen LogP contribution in [-0.2, 0) is 4.79 Å². The quantitative estimate of drug-likeness (QED) is 0.730. The summed E-state index contributed by atoms with van der Waals surface area (Å²) in [4.78, 5) is 14.3. The minimum Gasteiger partial charge on any atom is -0.468 e. The highest BCUT2D eigenvalue weighted by Crippen LogP contribution is 2.23. The largest absolute Gasteiger partial charge is 0.468 e. The minimum absolute atomic E-state index is 0.0777. The highest BCUT2D eigenvalue weighted by molar-refractivity contribution is 7.99. The van der Waals surface area contributed by atoms with Gasteiger partial charge in [0.1, 0.15) is 5.76 Å². The lowest BCUT2D eigenvalue weighted by Gasteiger charge is -2.14. The summed E-state index contributed by atoms with van der Waals surface area (Å²) in [7, 11) is 1.73. The first-order chi connectivity index (χ1) is 8.15. The number of furan rings is 1. The van der Waals surface area contributed by atoms with Crippen molar-refractivity contribution in [1.29, 1.82) is 5.26 Å². The van der Waals surface area contributed by atoms with E-state index in [9.17, 15) is 4.79 Å². The van der Waals surface area contributed by atoms with Crippen LogP contribution in [0.2, 0.25) is 0 Å². The van der Waals surface area contributed by atoms with E-state index in [1.54, 1.807) is 30.0 Å². The van der Waals surface area contributed by atoms with Gasteiger partial charge in [0.2, 0.25) is 5.91 Å². The van der Waals surface area contributed by atoms with Crippen molar-refractivity contribution in [1.82, 2.24) is 4.90 Å². The number of carbonyl (C=O) groups excluding carboxylic acids is 1. The van der Waals surface area contributed by atoms with E-state index < -0.39 is 0 Å². The Bertz CT molecular complexity index is 409. The second-order valence-corrected chi connectivity index (χ2v) is 4.80. The molecule has 0 radical (unpaired) electrons. The smallest absolute Gasteiger partial charge is 0.223 e. The zero-order valence-electron chi connectivity index (χ0n) is 10.1. The van der Waals surface area contributed by atoms with Gasteiger partial charge in [-0.15, -0.1) is 11.8 Å². The summed E-state index contributed by atoms with van der Waals surface area (Å²) in [6, 6.07) is 3.93. The summed E-state index contributed by atoms with van der Waals surface area (Å²) in [5.74, 6) is 1.70. The van der Waals surface area contributed by atoms with Crippen molar-refractivity contribution in [3.8, 4) is 6.07 Å². The first kappa shape index (κ1) is 13.7. The van der Waals surface area contributed by atoms with E-state index in [4.69, 9.17) is 9.68 Å². The molecular formula is C12H16N2O2S. The van der Waals surface area contributed by atoms with Gasteiger partial charge in [-0.05, 0) is 13.0 Å². The Morgan fingerprint density at radius 2 is 2.41 bits per heavy atom. The Labute approximate surface area is 106 Å². The number of rotatable bonds is 6. The van der Waals surface area contributed by atoms with Crippen LogP contribution in [-0.4, -0.2) is 30.2 Å². The number of aryl methyl sites for hydroxylation is 1. The molecule has 92 valence electrons. The lowest BCUT2D eigenvalue weighted by molar-refractivity contribution is -0.129. The normalized spacial score (nSPS) is 9.94. The number of hydrogen-bond donors (Lipinski definition) is 0. The Morgan fingerprint density at radius 1 is 1.65 bits per heavy atom. The fraction of sp³-hybridized carbons (Fsp3) is 0.500. The van der Waals surface area contributed by atoms with Gasteiger partial charge in [-0.3, -0.25) is 4.79 Å². The molecule has 1 heterocycles. The third kappa shape index (κ3) is 4.53.